The highest BCUT2D eigenvalue weighted by atomic mass is 16.5. The monoisotopic (exact) mass is 230 g/mol. The summed E-state index contributed by atoms with van der Waals surface area (Å²) in [6, 6.07) is 8.29. The summed E-state index contributed by atoms with van der Waals surface area (Å²) in [7, 11) is 0. The number of allylic oxidation sites excluding steroid dienone is 1. The maximum absolute atomic E-state index is 9.64. The van der Waals surface area contributed by atoms with Crippen molar-refractivity contribution in [1.82, 2.24) is 0 Å². The molecule has 17 heavy (non-hydrogen) atoms. The minimum absolute atomic E-state index is 0.226. The summed E-state index contributed by atoms with van der Waals surface area (Å²) in [4.78, 5) is 0. The van der Waals surface area contributed by atoms with Gasteiger partial charge in [0, 0.05) is 11.5 Å². The largest absolute Gasteiger partial charge is 0.493 e. The van der Waals surface area contributed by atoms with Crippen LogP contribution in [0, 0.1) is 0 Å². The third kappa shape index (κ3) is 2.22. The Kier molecular flexibility index (Phi) is 2.89. The molecule has 2 unspecified atom stereocenters. The Labute approximate surface area is 102 Å². The maximum Gasteiger partial charge on any atom is 0.122 e. The van der Waals surface area contributed by atoms with Crippen molar-refractivity contribution in [2.75, 3.05) is 6.61 Å². The average Bonchev–Trinajstić information content (AvgIpc) is 2.73. The molecule has 2 nitrogen and oxygen atoms in total. The summed E-state index contributed by atoms with van der Waals surface area (Å²) in [6.07, 6.45) is 6.02. The van der Waals surface area contributed by atoms with E-state index in [0.717, 1.165) is 38.0 Å². The van der Waals surface area contributed by atoms with Crippen LogP contribution in [0.2, 0.25) is 0 Å². The predicted octanol–water partition coefficient (Wildman–Crippen LogP) is 3.02. The van der Waals surface area contributed by atoms with Crippen LogP contribution in [-0.4, -0.2) is 17.8 Å². The Morgan fingerprint density at radius 2 is 2.18 bits per heavy atom. The van der Waals surface area contributed by atoms with E-state index in [1.807, 2.05) is 18.2 Å². The van der Waals surface area contributed by atoms with Gasteiger partial charge < -0.3 is 9.84 Å². The summed E-state index contributed by atoms with van der Waals surface area (Å²) >= 11 is 0. The summed E-state index contributed by atoms with van der Waals surface area (Å²) in [5.74, 6) is 1.51. The zero-order valence-corrected chi connectivity index (χ0v) is 9.93. The van der Waals surface area contributed by atoms with Crippen LogP contribution in [0.1, 0.15) is 37.2 Å². The van der Waals surface area contributed by atoms with Crippen LogP contribution < -0.4 is 4.74 Å². The molecule has 0 amide bonds. The fraction of sp³-hybridized carbons (Fsp3) is 0.467. The molecule has 1 heterocycles. The maximum atomic E-state index is 9.64. The molecule has 0 saturated carbocycles. The van der Waals surface area contributed by atoms with Crippen LogP contribution in [-0.2, 0) is 0 Å². The van der Waals surface area contributed by atoms with Gasteiger partial charge in [-0.3, -0.25) is 0 Å². The van der Waals surface area contributed by atoms with Gasteiger partial charge in [0.25, 0.3) is 0 Å². The number of aliphatic hydroxyl groups excluding tert-OH is 1. The van der Waals surface area contributed by atoms with Gasteiger partial charge in [0.05, 0.1) is 12.7 Å². The molecule has 1 aromatic carbocycles. The van der Waals surface area contributed by atoms with Gasteiger partial charge in [-0.2, -0.15) is 0 Å². The lowest BCUT2D eigenvalue weighted by atomic mass is 9.88. The number of hydrogen-bond acceptors (Lipinski definition) is 2. The number of aliphatic hydroxyl groups is 1. The van der Waals surface area contributed by atoms with Gasteiger partial charge in [-0.05, 0) is 31.7 Å². The van der Waals surface area contributed by atoms with Crippen LogP contribution in [0.25, 0.3) is 0 Å². The molecule has 1 aliphatic carbocycles. The van der Waals surface area contributed by atoms with E-state index in [1.165, 1.54) is 11.1 Å². The highest BCUT2D eigenvalue weighted by Gasteiger charge is 2.25. The molecular weight excluding hydrogens is 212 g/mol. The van der Waals surface area contributed by atoms with Gasteiger partial charge in [0.15, 0.2) is 0 Å². The molecule has 2 heteroatoms. The van der Waals surface area contributed by atoms with E-state index in [9.17, 15) is 5.11 Å². The van der Waals surface area contributed by atoms with Crippen LogP contribution >= 0.6 is 0 Å². The van der Waals surface area contributed by atoms with Crippen LogP contribution in [0.3, 0.4) is 0 Å². The van der Waals surface area contributed by atoms with E-state index in [1.54, 1.807) is 0 Å². The first-order valence-corrected chi connectivity index (χ1v) is 6.42. The van der Waals surface area contributed by atoms with Gasteiger partial charge in [0.1, 0.15) is 5.75 Å². The van der Waals surface area contributed by atoms with Crippen molar-refractivity contribution >= 4 is 0 Å². The topological polar surface area (TPSA) is 29.5 Å². The van der Waals surface area contributed by atoms with E-state index in [4.69, 9.17) is 4.74 Å². The second-order valence-electron chi connectivity index (χ2n) is 5.03. The zero-order valence-electron chi connectivity index (χ0n) is 9.93. The number of benzene rings is 1. The Bertz CT molecular complexity index is 436. The van der Waals surface area contributed by atoms with Crippen molar-refractivity contribution in [2.45, 2.75) is 37.7 Å². The lowest BCUT2D eigenvalue weighted by molar-refractivity contribution is 0.201. The zero-order chi connectivity index (χ0) is 11.7. The summed E-state index contributed by atoms with van der Waals surface area (Å²) in [6.45, 7) is 0.785. The summed E-state index contributed by atoms with van der Waals surface area (Å²) in [5, 5.41) is 9.64. The minimum atomic E-state index is -0.226. The highest BCUT2D eigenvalue weighted by Crippen LogP contribution is 2.38. The molecule has 90 valence electrons. The number of hydrogen-bond donors (Lipinski definition) is 1. The molecule has 0 aromatic heterocycles. The molecule has 0 saturated heterocycles. The minimum Gasteiger partial charge on any atom is -0.493 e. The molecule has 1 N–H and O–H groups in total. The molecule has 1 aromatic rings. The van der Waals surface area contributed by atoms with E-state index in [0.29, 0.717) is 5.92 Å². The first-order valence-electron chi connectivity index (χ1n) is 6.42. The normalized spacial score (nSPS) is 27.2. The number of ether oxygens (including phenoxy) is 1. The van der Waals surface area contributed by atoms with Gasteiger partial charge in [-0.25, -0.2) is 0 Å². The fourth-order valence-corrected chi connectivity index (χ4v) is 2.86. The highest BCUT2D eigenvalue weighted by molar-refractivity contribution is 5.40. The molecule has 2 aliphatic rings. The van der Waals surface area contributed by atoms with Crippen LogP contribution in [0.4, 0.5) is 0 Å². The average molecular weight is 230 g/mol. The molecule has 0 radical (unpaired) electrons. The second kappa shape index (κ2) is 4.53. The summed E-state index contributed by atoms with van der Waals surface area (Å²) in [5.41, 5.74) is 2.72. The van der Waals surface area contributed by atoms with E-state index in [-0.39, 0.29) is 6.10 Å². The van der Waals surface area contributed by atoms with E-state index >= 15 is 0 Å². The number of para-hydroxylation sites is 1. The Balaban J connectivity index is 1.75. The van der Waals surface area contributed by atoms with Crippen molar-refractivity contribution in [3.63, 3.8) is 0 Å². The molecule has 2 atom stereocenters. The van der Waals surface area contributed by atoms with Crippen LogP contribution in [0.5, 0.6) is 5.75 Å². The van der Waals surface area contributed by atoms with Gasteiger partial charge in [-0.1, -0.05) is 29.8 Å². The summed E-state index contributed by atoms with van der Waals surface area (Å²) < 4.78 is 5.69. The third-order valence-corrected chi connectivity index (χ3v) is 3.73. The fourth-order valence-electron chi connectivity index (χ4n) is 2.86. The Morgan fingerprint density at radius 1 is 1.29 bits per heavy atom. The van der Waals surface area contributed by atoms with Gasteiger partial charge in [0.2, 0.25) is 0 Å². The molecule has 3 rings (SSSR count). The number of rotatable bonds is 2. The molecule has 0 fully saturated rings. The Hall–Kier alpha value is -1.28. The van der Waals surface area contributed by atoms with Crippen molar-refractivity contribution in [3.8, 4) is 5.75 Å². The lowest BCUT2D eigenvalue weighted by Gasteiger charge is -2.19. The van der Waals surface area contributed by atoms with E-state index < -0.39 is 0 Å². The molecule has 0 spiro atoms. The smallest absolute Gasteiger partial charge is 0.122 e. The standard InChI is InChI=1S/C15H18O2/c16-13-5-3-4-11(9-13)8-12-10-17-15-7-2-1-6-14(12)15/h1-2,6-7,9,12-13,16H,3-5,8,10H2. The first-order chi connectivity index (χ1) is 8.33. The van der Waals surface area contributed by atoms with Gasteiger partial charge >= 0.3 is 0 Å². The molecule has 1 aliphatic heterocycles. The van der Waals surface area contributed by atoms with Gasteiger partial charge in [-0.15, -0.1) is 0 Å². The SMILES string of the molecule is OC1C=C(CC2COc3ccccc32)CCC1. The van der Waals surface area contributed by atoms with Crippen molar-refractivity contribution in [3.05, 3.63) is 41.5 Å². The quantitative estimate of drug-likeness (QED) is 0.791. The first kappa shape index (κ1) is 10.8. The Morgan fingerprint density at radius 3 is 3.06 bits per heavy atom. The van der Waals surface area contributed by atoms with Crippen molar-refractivity contribution in [2.24, 2.45) is 0 Å². The van der Waals surface area contributed by atoms with Crippen molar-refractivity contribution in [1.29, 1.82) is 0 Å². The third-order valence-electron chi connectivity index (χ3n) is 3.73. The second-order valence-corrected chi connectivity index (χ2v) is 5.03. The van der Waals surface area contributed by atoms with E-state index in [2.05, 4.69) is 12.1 Å². The predicted molar refractivity (Wildman–Crippen MR) is 67.2 cm³/mol. The van der Waals surface area contributed by atoms with Crippen LogP contribution in [0.15, 0.2) is 35.9 Å². The number of fused-ring (bicyclic) bond motifs is 1. The van der Waals surface area contributed by atoms with Crippen molar-refractivity contribution < 1.29 is 9.84 Å². The molecule has 0 bridgehead atoms. The molecular formula is C15H18O2. The lowest BCUT2D eigenvalue weighted by Crippen LogP contribution is -2.11.